The lowest BCUT2D eigenvalue weighted by molar-refractivity contribution is 0.0734. The van der Waals surface area contributed by atoms with Gasteiger partial charge >= 0.3 is 0 Å². The van der Waals surface area contributed by atoms with Crippen molar-refractivity contribution in [3.05, 3.63) is 33.3 Å². The Hall–Kier alpha value is -0.0900. The molecule has 1 N–H and O–H groups in total. The molecule has 2 nitrogen and oxygen atoms in total. The summed E-state index contributed by atoms with van der Waals surface area (Å²) in [5.74, 6) is 0. The summed E-state index contributed by atoms with van der Waals surface area (Å²) in [5, 5.41) is 10.0. The predicted molar refractivity (Wildman–Crippen MR) is 71.8 cm³/mol. The van der Waals surface area contributed by atoms with Crippen LogP contribution < -0.4 is 0 Å². The fourth-order valence-corrected chi connectivity index (χ4v) is 1.97. The molecule has 16 heavy (non-hydrogen) atoms. The number of hydrogen-bond donors (Lipinski definition) is 1. The molecule has 0 heterocycles. The Bertz CT molecular complexity index is 368. The van der Waals surface area contributed by atoms with Crippen LogP contribution in [-0.2, 0) is 6.54 Å². The zero-order valence-electron chi connectivity index (χ0n) is 9.80. The number of aliphatic hydroxyl groups excluding tert-OH is 1. The molecule has 0 aliphatic rings. The fourth-order valence-electron chi connectivity index (χ4n) is 1.24. The highest BCUT2D eigenvalue weighted by molar-refractivity contribution is 9.10. The van der Waals surface area contributed by atoms with Gasteiger partial charge in [0.2, 0.25) is 0 Å². The molecular weight excluding hydrogens is 289 g/mol. The number of halogens is 2. The van der Waals surface area contributed by atoms with E-state index < -0.39 is 0 Å². The van der Waals surface area contributed by atoms with Gasteiger partial charge in [0.15, 0.2) is 0 Å². The van der Waals surface area contributed by atoms with Crippen LogP contribution in [0.4, 0.5) is 0 Å². The number of nitrogens with zero attached hydrogens (tertiary/aromatic N) is 1. The molecule has 0 aromatic heterocycles. The lowest BCUT2D eigenvalue weighted by Crippen LogP contribution is -2.43. The van der Waals surface area contributed by atoms with Gasteiger partial charge in [-0.3, -0.25) is 4.90 Å². The molecule has 0 aliphatic heterocycles. The molecule has 0 unspecified atom stereocenters. The zero-order valence-corrected chi connectivity index (χ0v) is 12.1. The van der Waals surface area contributed by atoms with Crippen LogP contribution in [0.2, 0.25) is 5.02 Å². The van der Waals surface area contributed by atoms with Crippen LogP contribution in [-0.4, -0.2) is 29.2 Å². The second-order valence-electron chi connectivity index (χ2n) is 4.56. The maximum absolute atomic E-state index is 9.27. The molecule has 0 amide bonds. The summed E-state index contributed by atoms with van der Waals surface area (Å²) >= 11 is 9.53. The predicted octanol–water partition coefficient (Wildman–Crippen LogP) is 3.31. The highest BCUT2D eigenvalue weighted by Gasteiger charge is 2.22. The van der Waals surface area contributed by atoms with Crippen molar-refractivity contribution in [1.29, 1.82) is 0 Å². The van der Waals surface area contributed by atoms with E-state index in [2.05, 4.69) is 20.8 Å². The number of aliphatic hydroxyl groups is 1. The molecule has 0 saturated heterocycles. The summed E-state index contributed by atoms with van der Waals surface area (Å²) in [5.41, 5.74) is 0.824. The van der Waals surface area contributed by atoms with Gasteiger partial charge in [0.1, 0.15) is 0 Å². The van der Waals surface area contributed by atoms with Crippen molar-refractivity contribution in [2.24, 2.45) is 0 Å². The van der Waals surface area contributed by atoms with Gasteiger partial charge in [-0.2, -0.15) is 0 Å². The third kappa shape index (κ3) is 3.45. The van der Waals surface area contributed by atoms with E-state index in [1.807, 2.05) is 39.1 Å². The normalized spacial score (nSPS) is 12.2. The smallest absolute Gasteiger partial charge is 0.0610 e. The van der Waals surface area contributed by atoms with Gasteiger partial charge < -0.3 is 5.11 Å². The van der Waals surface area contributed by atoms with Crippen molar-refractivity contribution in [2.75, 3.05) is 13.7 Å². The van der Waals surface area contributed by atoms with Crippen LogP contribution in [0, 0.1) is 0 Å². The van der Waals surface area contributed by atoms with Gasteiger partial charge in [0.25, 0.3) is 0 Å². The molecule has 1 aromatic carbocycles. The minimum absolute atomic E-state index is 0.123. The van der Waals surface area contributed by atoms with E-state index in [0.29, 0.717) is 0 Å². The van der Waals surface area contributed by atoms with Crippen LogP contribution in [0.15, 0.2) is 22.7 Å². The van der Waals surface area contributed by atoms with Gasteiger partial charge in [0.05, 0.1) is 6.61 Å². The molecule has 4 heteroatoms. The summed E-state index contributed by atoms with van der Waals surface area (Å²) in [6.07, 6.45) is 0. The summed E-state index contributed by atoms with van der Waals surface area (Å²) in [6, 6.07) is 5.86. The third-order valence-corrected chi connectivity index (χ3v) is 3.69. The molecule has 0 spiro atoms. The highest BCUT2D eigenvalue weighted by Crippen LogP contribution is 2.24. The van der Waals surface area contributed by atoms with Gasteiger partial charge in [0, 0.05) is 21.6 Å². The maximum Gasteiger partial charge on any atom is 0.0610 e. The van der Waals surface area contributed by atoms with Crippen LogP contribution in [0.1, 0.15) is 19.4 Å². The monoisotopic (exact) mass is 305 g/mol. The number of rotatable bonds is 4. The van der Waals surface area contributed by atoms with Gasteiger partial charge in [-0.05, 0) is 38.6 Å². The molecule has 0 bridgehead atoms. The van der Waals surface area contributed by atoms with E-state index in [0.717, 1.165) is 21.6 Å². The van der Waals surface area contributed by atoms with Crippen LogP contribution in [0.25, 0.3) is 0 Å². The highest BCUT2D eigenvalue weighted by atomic mass is 79.9. The van der Waals surface area contributed by atoms with Crippen LogP contribution in [0.5, 0.6) is 0 Å². The summed E-state index contributed by atoms with van der Waals surface area (Å²) in [7, 11) is 1.98. The summed E-state index contributed by atoms with van der Waals surface area (Å²) in [4.78, 5) is 2.09. The molecule has 0 saturated carbocycles. The number of hydrogen-bond acceptors (Lipinski definition) is 2. The van der Waals surface area contributed by atoms with Crippen LogP contribution >= 0.6 is 27.5 Å². The van der Waals surface area contributed by atoms with E-state index in [4.69, 9.17) is 11.6 Å². The van der Waals surface area contributed by atoms with E-state index in [-0.39, 0.29) is 12.1 Å². The van der Waals surface area contributed by atoms with E-state index in [1.54, 1.807) is 0 Å². The molecule has 0 fully saturated rings. The quantitative estimate of drug-likeness (QED) is 0.922. The first-order valence-electron chi connectivity index (χ1n) is 5.13. The van der Waals surface area contributed by atoms with Crippen molar-refractivity contribution < 1.29 is 5.11 Å². The molecule has 90 valence electrons. The minimum atomic E-state index is -0.240. The number of benzene rings is 1. The lowest BCUT2D eigenvalue weighted by Gasteiger charge is -2.34. The maximum atomic E-state index is 9.27. The van der Waals surface area contributed by atoms with E-state index in [1.165, 1.54) is 0 Å². The largest absolute Gasteiger partial charge is 0.394 e. The SMILES string of the molecule is CN(Cc1ccc(Br)cc1Cl)C(C)(C)CO. The lowest BCUT2D eigenvalue weighted by atomic mass is 10.0. The molecule has 0 aliphatic carbocycles. The van der Waals surface area contributed by atoms with E-state index in [9.17, 15) is 5.11 Å². The fraction of sp³-hybridized carbons (Fsp3) is 0.500. The summed E-state index contributed by atoms with van der Waals surface area (Å²) in [6.45, 7) is 4.84. The Kier molecular flexibility index (Phi) is 4.80. The second-order valence-corrected chi connectivity index (χ2v) is 5.89. The van der Waals surface area contributed by atoms with Crippen molar-refractivity contribution >= 4 is 27.5 Å². The van der Waals surface area contributed by atoms with Crippen molar-refractivity contribution in [3.63, 3.8) is 0 Å². The Morgan fingerprint density at radius 3 is 2.56 bits per heavy atom. The molecule has 0 atom stereocenters. The average molecular weight is 307 g/mol. The molecular formula is C12H17BrClNO. The molecule has 0 radical (unpaired) electrons. The van der Waals surface area contributed by atoms with Crippen molar-refractivity contribution in [2.45, 2.75) is 25.9 Å². The average Bonchev–Trinajstić information content (AvgIpc) is 2.22. The zero-order chi connectivity index (χ0) is 12.3. The van der Waals surface area contributed by atoms with Gasteiger partial charge in [-0.1, -0.05) is 33.6 Å². The van der Waals surface area contributed by atoms with Crippen molar-refractivity contribution in [1.82, 2.24) is 4.90 Å². The Morgan fingerprint density at radius 1 is 1.44 bits per heavy atom. The van der Waals surface area contributed by atoms with Gasteiger partial charge in [-0.15, -0.1) is 0 Å². The molecule has 1 aromatic rings. The molecule has 1 rings (SSSR count). The Balaban J connectivity index is 2.81. The standard InChI is InChI=1S/C12H17BrClNO/c1-12(2,8-16)15(3)7-9-4-5-10(13)6-11(9)14/h4-6,16H,7-8H2,1-3H3. The van der Waals surface area contributed by atoms with Gasteiger partial charge in [-0.25, -0.2) is 0 Å². The topological polar surface area (TPSA) is 23.5 Å². The first-order chi connectivity index (χ1) is 7.36. The Labute approximate surface area is 110 Å². The summed E-state index contributed by atoms with van der Waals surface area (Å²) < 4.78 is 0.977. The second kappa shape index (κ2) is 5.50. The third-order valence-electron chi connectivity index (χ3n) is 2.84. The Morgan fingerprint density at radius 2 is 2.06 bits per heavy atom. The number of likely N-dealkylation sites (N-methyl/N-ethyl adjacent to an activating group) is 1. The van der Waals surface area contributed by atoms with E-state index >= 15 is 0 Å². The van der Waals surface area contributed by atoms with Crippen LogP contribution in [0.3, 0.4) is 0 Å². The first kappa shape index (κ1) is 14.0. The van der Waals surface area contributed by atoms with Crippen molar-refractivity contribution in [3.8, 4) is 0 Å². The first-order valence-corrected chi connectivity index (χ1v) is 6.30. The minimum Gasteiger partial charge on any atom is -0.394 e.